The molecule has 0 saturated heterocycles. The van der Waals surface area contributed by atoms with E-state index in [-0.39, 0.29) is 5.91 Å². The maximum atomic E-state index is 12.5. The van der Waals surface area contributed by atoms with Crippen molar-refractivity contribution in [3.63, 3.8) is 0 Å². The summed E-state index contributed by atoms with van der Waals surface area (Å²) in [4.78, 5) is 16.8. The third-order valence-corrected chi connectivity index (χ3v) is 3.96. The zero-order valence-electron chi connectivity index (χ0n) is 15.4. The van der Waals surface area contributed by atoms with Gasteiger partial charge in [-0.25, -0.2) is 4.98 Å². The largest absolute Gasteiger partial charge is 0.497 e. The highest BCUT2D eigenvalue weighted by atomic mass is 16.5. The molecule has 2 N–H and O–H groups in total. The first kappa shape index (κ1) is 18.3. The number of pyridine rings is 1. The fourth-order valence-corrected chi connectivity index (χ4v) is 2.51. The van der Waals surface area contributed by atoms with Crippen LogP contribution in [0, 0.1) is 6.92 Å². The Bertz CT molecular complexity index is 917. The van der Waals surface area contributed by atoms with Gasteiger partial charge in [0.15, 0.2) is 0 Å². The van der Waals surface area contributed by atoms with Crippen molar-refractivity contribution in [1.82, 2.24) is 4.98 Å². The average molecular weight is 363 g/mol. The number of nitrogens with zero attached hydrogens (tertiary/aromatic N) is 1. The molecule has 0 atom stereocenters. The zero-order valence-corrected chi connectivity index (χ0v) is 15.4. The Morgan fingerprint density at radius 1 is 0.889 bits per heavy atom. The maximum absolute atomic E-state index is 12.5. The molecule has 2 aromatic carbocycles. The van der Waals surface area contributed by atoms with Crippen LogP contribution in [0.4, 0.5) is 17.2 Å². The highest BCUT2D eigenvalue weighted by Crippen LogP contribution is 2.27. The molecule has 3 rings (SSSR count). The molecule has 6 heteroatoms. The predicted octanol–water partition coefficient (Wildman–Crippen LogP) is 4.40. The van der Waals surface area contributed by atoms with E-state index in [9.17, 15) is 4.79 Å². The Morgan fingerprint density at radius 3 is 2.19 bits per heavy atom. The van der Waals surface area contributed by atoms with E-state index in [1.54, 1.807) is 38.6 Å². The molecule has 0 radical (unpaired) electrons. The van der Waals surface area contributed by atoms with Crippen LogP contribution < -0.4 is 20.1 Å². The van der Waals surface area contributed by atoms with Crippen molar-refractivity contribution < 1.29 is 14.3 Å². The second-order valence-electron chi connectivity index (χ2n) is 5.98. The summed E-state index contributed by atoms with van der Waals surface area (Å²) < 4.78 is 10.5. The van der Waals surface area contributed by atoms with Crippen molar-refractivity contribution in [2.24, 2.45) is 0 Å². The summed E-state index contributed by atoms with van der Waals surface area (Å²) in [7, 11) is 3.18. The number of methoxy groups -OCH3 is 2. The summed E-state index contributed by atoms with van der Waals surface area (Å²) in [5, 5.41) is 6.05. The van der Waals surface area contributed by atoms with Crippen LogP contribution in [0.15, 0.2) is 60.8 Å². The normalized spacial score (nSPS) is 10.2. The van der Waals surface area contributed by atoms with E-state index < -0.39 is 0 Å². The summed E-state index contributed by atoms with van der Waals surface area (Å²) in [5.41, 5.74) is 3.13. The second kappa shape index (κ2) is 8.23. The lowest BCUT2D eigenvalue weighted by molar-refractivity contribution is 0.102. The minimum Gasteiger partial charge on any atom is -0.497 e. The van der Waals surface area contributed by atoms with Crippen molar-refractivity contribution in [3.05, 3.63) is 71.9 Å². The summed E-state index contributed by atoms with van der Waals surface area (Å²) in [5.74, 6) is 1.66. The molecular formula is C21H21N3O3. The number of benzene rings is 2. The topological polar surface area (TPSA) is 72.5 Å². The van der Waals surface area contributed by atoms with Crippen LogP contribution in [0.5, 0.6) is 11.5 Å². The maximum Gasteiger partial charge on any atom is 0.255 e. The molecule has 0 fully saturated rings. The molecule has 1 amide bonds. The fraction of sp³-hybridized carbons (Fsp3) is 0.143. The van der Waals surface area contributed by atoms with E-state index >= 15 is 0 Å². The SMILES string of the molecule is COc1cc(Nc2cc(C(=O)Nc3ccc(C)cc3)ccn2)cc(OC)c1. The minimum absolute atomic E-state index is 0.201. The minimum atomic E-state index is -0.201. The second-order valence-corrected chi connectivity index (χ2v) is 5.98. The lowest BCUT2D eigenvalue weighted by Crippen LogP contribution is -2.12. The Hall–Kier alpha value is -3.54. The van der Waals surface area contributed by atoms with Gasteiger partial charge in [-0.05, 0) is 31.2 Å². The van der Waals surface area contributed by atoms with Gasteiger partial charge in [0.25, 0.3) is 5.91 Å². The molecule has 1 aromatic heterocycles. The first-order valence-electron chi connectivity index (χ1n) is 8.41. The number of carbonyl (C=O) groups is 1. The van der Waals surface area contributed by atoms with Crippen LogP contribution >= 0.6 is 0 Å². The van der Waals surface area contributed by atoms with Crippen molar-refractivity contribution in [2.45, 2.75) is 6.92 Å². The number of hydrogen-bond acceptors (Lipinski definition) is 5. The lowest BCUT2D eigenvalue weighted by Gasteiger charge is -2.11. The van der Waals surface area contributed by atoms with Gasteiger partial charge < -0.3 is 20.1 Å². The molecule has 0 unspecified atom stereocenters. The van der Waals surface area contributed by atoms with Crippen molar-refractivity contribution >= 4 is 23.1 Å². The average Bonchev–Trinajstić information content (AvgIpc) is 2.69. The predicted molar refractivity (Wildman–Crippen MR) is 106 cm³/mol. The van der Waals surface area contributed by atoms with E-state index in [4.69, 9.17) is 9.47 Å². The molecule has 0 aliphatic heterocycles. The molecule has 1 heterocycles. The number of anilines is 3. The van der Waals surface area contributed by atoms with E-state index in [0.29, 0.717) is 22.9 Å². The highest BCUT2D eigenvalue weighted by Gasteiger charge is 2.09. The third kappa shape index (κ3) is 4.76. The molecule has 0 aliphatic rings. The number of carbonyl (C=O) groups excluding carboxylic acids is 1. The van der Waals surface area contributed by atoms with Gasteiger partial charge in [-0.1, -0.05) is 17.7 Å². The summed E-state index contributed by atoms with van der Waals surface area (Å²) >= 11 is 0. The molecule has 138 valence electrons. The smallest absolute Gasteiger partial charge is 0.255 e. The van der Waals surface area contributed by atoms with E-state index in [1.165, 1.54) is 0 Å². The monoisotopic (exact) mass is 363 g/mol. The molecule has 3 aromatic rings. The summed E-state index contributed by atoms with van der Waals surface area (Å²) in [6.45, 7) is 2.00. The van der Waals surface area contributed by atoms with Crippen LogP contribution in [0.1, 0.15) is 15.9 Å². The number of aromatic nitrogens is 1. The van der Waals surface area contributed by atoms with Gasteiger partial charge in [0.2, 0.25) is 0 Å². The standard InChI is InChI=1S/C21H21N3O3/c1-14-4-6-16(7-5-14)24-21(25)15-8-9-22-20(10-15)23-17-11-18(26-2)13-19(12-17)27-3/h4-13H,1-3H3,(H,22,23)(H,24,25). The van der Waals surface area contributed by atoms with Crippen molar-refractivity contribution in [2.75, 3.05) is 24.9 Å². The molecule has 6 nitrogen and oxygen atoms in total. The van der Waals surface area contributed by atoms with Crippen LogP contribution in [-0.2, 0) is 0 Å². The Kier molecular flexibility index (Phi) is 5.56. The summed E-state index contributed by atoms with van der Waals surface area (Å²) in [6, 6.07) is 16.4. The lowest BCUT2D eigenvalue weighted by atomic mass is 10.2. The quantitative estimate of drug-likeness (QED) is 0.679. The van der Waals surface area contributed by atoms with Gasteiger partial charge >= 0.3 is 0 Å². The Balaban J connectivity index is 1.77. The van der Waals surface area contributed by atoms with Crippen LogP contribution in [0.2, 0.25) is 0 Å². The molecule has 0 aliphatic carbocycles. The first-order chi connectivity index (χ1) is 13.1. The zero-order chi connectivity index (χ0) is 19.2. The number of nitrogens with one attached hydrogen (secondary N) is 2. The van der Waals surface area contributed by atoms with Crippen LogP contribution in [-0.4, -0.2) is 25.1 Å². The van der Waals surface area contributed by atoms with E-state index in [2.05, 4.69) is 15.6 Å². The number of amides is 1. The van der Waals surface area contributed by atoms with Gasteiger partial charge in [-0.3, -0.25) is 4.79 Å². The number of ether oxygens (including phenoxy) is 2. The summed E-state index contributed by atoms with van der Waals surface area (Å²) in [6.07, 6.45) is 1.59. The van der Waals surface area contributed by atoms with Gasteiger partial charge in [0.1, 0.15) is 17.3 Å². The third-order valence-electron chi connectivity index (χ3n) is 3.96. The van der Waals surface area contributed by atoms with Crippen molar-refractivity contribution in [3.8, 4) is 11.5 Å². The van der Waals surface area contributed by atoms with E-state index in [1.807, 2.05) is 43.3 Å². The van der Waals surface area contributed by atoms with Crippen LogP contribution in [0.25, 0.3) is 0 Å². The van der Waals surface area contributed by atoms with Crippen LogP contribution in [0.3, 0.4) is 0 Å². The Labute approximate surface area is 158 Å². The molecule has 0 bridgehead atoms. The number of rotatable bonds is 6. The van der Waals surface area contributed by atoms with Crippen molar-refractivity contribution in [1.29, 1.82) is 0 Å². The van der Waals surface area contributed by atoms with Gasteiger partial charge in [-0.2, -0.15) is 0 Å². The molecule has 27 heavy (non-hydrogen) atoms. The molecule has 0 saturated carbocycles. The molecule has 0 spiro atoms. The van der Waals surface area contributed by atoms with Gasteiger partial charge in [0, 0.05) is 41.3 Å². The number of aryl methyl sites for hydroxylation is 1. The molecular weight excluding hydrogens is 342 g/mol. The van der Waals surface area contributed by atoms with E-state index in [0.717, 1.165) is 16.9 Å². The first-order valence-corrected chi connectivity index (χ1v) is 8.41. The fourth-order valence-electron chi connectivity index (χ4n) is 2.51. The van der Waals surface area contributed by atoms with Gasteiger partial charge in [0.05, 0.1) is 14.2 Å². The number of hydrogen-bond donors (Lipinski definition) is 2. The van der Waals surface area contributed by atoms with Gasteiger partial charge in [-0.15, -0.1) is 0 Å². The Morgan fingerprint density at radius 2 is 1.56 bits per heavy atom. The highest BCUT2D eigenvalue weighted by molar-refractivity contribution is 6.04.